The fourth-order valence-electron chi connectivity index (χ4n) is 5.43. The molecular formula is C23H21N5O5. The molecule has 168 valence electrons. The molecule has 0 saturated carbocycles. The van der Waals surface area contributed by atoms with E-state index in [2.05, 4.69) is 9.72 Å². The van der Waals surface area contributed by atoms with Crippen molar-refractivity contribution in [2.45, 2.75) is 37.9 Å². The monoisotopic (exact) mass is 447 g/mol. The summed E-state index contributed by atoms with van der Waals surface area (Å²) in [5, 5.41) is 10.5. The number of nitrogens with zero attached hydrogens (tertiary/aromatic N) is 5. The van der Waals surface area contributed by atoms with Crippen molar-refractivity contribution in [3.63, 3.8) is 0 Å². The first-order valence-corrected chi connectivity index (χ1v) is 10.7. The van der Waals surface area contributed by atoms with E-state index in [9.17, 15) is 24.4 Å². The molecule has 33 heavy (non-hydrogen) atoms. The van der Waals surface area contributed by atoms with E-state index in [0.29, 0.717) is 23.0 Å². The van der Waals surface area contributed by atoms with E-state index in [4.69, 9.17) is 0 Å². The molecule has 0 radical (unpaired) electrons. The number of pyridine rings is 1. The Morgan fingerprint density at radius 2 is 1.94 bits per heavy atom. The van der Waals surface area contributed by atoms with Crippen LogP contribution in [0.1, 0.15) is 25.5 Å². The van der Waals surface area contributed by atoms with Crippen LogP contribution in [-0.2, 0) is 19.1 Å². The number of imide groups is 1. The van der Waals surface area contributed by atoms with Gasteiger partial charge in [0.25, 0.3) is 5.91 Å². The van der Waals surface area contributed by atoms with E-state index < -0.39 is 30.0 Å². The number of aromatic nitrogens is 1. The highest BCUT2D eigenvalue weighted by atomic mass is 16.5. The summed E-state index contributed by atoms with van der Waals surface area (Å²) in [6.45, 7) is 2.26. The van der Waals surface area contributed by atoms with Gasteiger partial charge in [0, 0.05) is 29.7 Å². The zero-order chi connectivity index (χ0) is 23.4. The molecule has 1 aromatic heterocycles. The molecule has 2 unspecified atom stereocenters. The highest BCUT2D eigenvalue weighted by Crippen LogP contribution is 2.46. The molecule has 10 heteroatoms. The van der Waals surface area contributed by atoms with Crippen molar-refractivity contribution in [1.82, 2.24) is 14.8 Å². The fraction of sp³-hybridized carbons (Fsp3) is 0.391. The van der Waals surface area contributed by atoms with Gasteiger partial charge in [-0.05, 0) is 0 Å². The number of methoxy groups -OCH3 is 1. The van der Waals surface area contributed by atoms with Crippen molar-refractivity contribution in [3.05, 3.63) is 36.2 Å². The van der Waals surface area contributed by atoms with Crippen LogP contribution >= 0.6 is 0 Å². The predicted molar refractivity (Wildman–Crippen MR) is 115 cm³/mol. The normalized spacial score (nSPS) is 25.5. The molecule has 3 saturated heterocycles. The van der Waals surface area contributed by atoms with Gasteiger partial charge in [-0.25, -0.2) is 14.7 Å². The van der Waals surface area contributed by atoms with E-state index in [1.54, 1.807) is 34.1 Å². The number of benzene rings is 1. The van der Waals surface area contributed by atoms with Crippen LogP contribution in [0.25, 0.3) is 10.8 Å². The second-order valence-electron chi connectivity index (χ2n) is 8.50. The van der Waals surface area contributed by atoms with E-state index in [0.717, 1.165) is 4.90 Å². The summed E-state index contributed by atoms with van der Waals surface area (Å²) >= 11 is 0. The molecule has 4 atom stereocenters. The quantitative estimate of drug-likeness (QED) is 0.513. The molecule has 3 aliphatic heterocycles. The molecule has 3 aliphatic rings. The predicted octanol–water partition coefficient (Wildman–Crippen LogP) is 1.43. The van der Waals surface area contributed by atoms with E-state index >= 15 is 0 Å². The molecule has 4 amide bonds. The van der Waals surface area contributed by atoms with Crippen molar-refractivity contribution in [1.29, 1.82) is 5.26 Å². The third kappa shape index (κ3) is 2.88. The Kier molecular flexibility index (Phi) is 4.78. The van der Waals surface area contributed by atoms with Crippen LogP contribution in [0, 0.1) is 17.2 Å². The first-order chi connectivity index (χ1) is 15.9. The number of amides is 4. The molecule has 2 aromatic rings. The number of piperazine rings is 1. The van der Waals surface area contributed by atoms with Gasteiger partial charge in [-0.2, -0.15) is 5.26 Å². The molecule has 1 aromatic carbocycles. The second-order valence-corrected chi connectivity index (χ2v) is 8.50. The first-order valence-electron chi connectivity index (χ1n) is 10.7. The van der Waals surface area contributed by atoms with Crippen LogP contribution in [0.15, 0.2) is 30.5 Å². The number of likely N-dealkylation sites (tertiary alicyclic amines) is 1. The lowest BCUT2D eigenvalue weighted by Crippen LogP contribution is -2.55. The van der Waals surface area contributed by atoms with Gasteiger partial charge in [-0.3, -0.25) is 14.4 Å². The molecule has 2 bridgehead atoms. The lowest BCUT2D eigenvalue weighted by atomic mass is 9.98. The molecule has 0 spiro atoms. The Balaban J connectivity index is 1.48. The number of anilines is 1. The Bertz CT molecular complexity index is 1250. The van der Waals surface area contributed by atoms with Gasteiger partial charge in [-0.1, -0.05) is 31.2 Å². The lowest BCUT2D eigenvalue weighted by Gasteiger charge is -2.34. The minimum absolute atomic E-state index is 0.00857. The number of esters is 1. The number of nitriles is 1. The average Bonchev–Trinajstić information content (AvgIpc) is 3.41. The largest absolute Gasteiger partial charge is 0.469 e. The first kappa shape index (κ1) is 20.9. The topological polar surface area (TPSA) is 124 Å². The van der Waals surface area contributed by atoms with Gasteiger partial charge < -0.3 is 14.5 Å². The molecule has 0 aliphatic carbocycles. The highest BCUT2D eigenvalue weighted by molar-refractivity contribution is 6.25. The van der Waals surface area contributed by atoms with Gasteiger partial charge in [0.1, 0.15) is 17.8 Å². The summed E-state index contributed by atoms with van der Waals surface area (Å²) in [6.07, 6.45) is 1.34. The van der Waals surface area contributed by atoms with Crippen LogP contribution in [0.2, 0.25) is 0 Å². The lowest BCUT2D eigenvalue weighted by molar-refractivity contribution is -0.144. The Morgan fingerprint density at radius 3 is 2.64 bits per heavy atom. The highest BCUT2D eigenvalue weighted by Gasteiger charge is 2.66. The second kappa shape index (κ2) is 7.55. The number of ether oxygens (including phenoxy) is 1. The average molecular weight is 447 g/mol. The molecule has 0 N–H and O–H groups in total. The molecular weight excluding hydrogens is 426 g/mol. The number of carbonyl (C=O) groups excluding carboxylic acids is 4. The van der Waals surface area contributed by atoms with Crippen LogP contribution in [-0.4, -0.2) is 70.4 Å². The van der Waals surface area contributed by atoms with Crippen LogP contribution in [0.4, 0.5) is 10.5 Å². The van der Waals surface area contributed by atoms with Gasteiger partial charge in [0.05, 0.1) is 37.5 Å². The molecule has 3 fully saturated rings. The summed E-state index contributed by atoms with van der Waals surface area (Å²) in [5.74, 6) is -1.19. The van der Waals surface area contributed by atoms with Crippen molar-refractivity contribution >= 4 is 40.3 Å². The summed E-state index contributed by atoms with van der Waals surface area (Å²) < 4.78 is 4.61. The number of hydrogen-bond acceptors (Lipinski definition) is 7. The minimum Gasteiger partial charge on any atom is -0.469 e. The maximum absolute atomic E-state index is 13.6. The van der Waals surface area contributed by atoms with Gasteiger partial charge in [0.2, 0.25) is 5.91 Å². The zero-order valence-corrected chi connectivity index (χ0v) is 18.1. The summed E-state index contributed by atoms with van der Waals surface area (Å²) in [4.78, 5) is 59.8. The summed E-state index contributed by atoms with van der Waals surface area (Å²) in [5.41, 5.74) is 0.537. The van der Waals surface area contributed by atoms with Crippen molar-refractivity contribution in [3.8, 4) is 6.07 Å². The van der Waals surface area contributed by atoms with Crippen LogP contribution in [0.3, 0.4) is 0 Å². The third-order valence-electron chi connectivity index (χ3n) is 6.97. The number of urea groups is 1. The number of fused-ring (bicyclic) bond motifs is 6. The summed E-state index contributed by atoms with van der Waals surface area (Å²) in [7, 11) is 1.27. The van der Waals surface area contributed by atoms with Crippen molar-refractivity contribution in [2.24, 2.45) is 5.92 Å². The minimum atomic E-state index is -0.789. The van der Waals surface area contributed by atoms with Crippen molar-refractivity contribution < 1.29 is 23.9 Å². The van der Waals surface area contributed by atoms with Crippen LogP contribution < -0.4 is 4.90 Å². The van der Waals surface area contributed by atoms with Gasteiger partial charge in [0.15, 0.2) is 0 Å². The molecule has 10 nitrogen and oxygen atoms in total. The third-order valence-corrected chi connectivity index (χ3v) is 6.97. The SMILES string of the molecule is COC(=O)CCC(=O)N1CC2[C@@H](C)C1[C@@H]1C(=O)N(c3cnc(C#N)c4ccccc34)C(=O)N21. The van der Waals surface area contributed by atoms with E-state index in [1.807, 2.05) is 13.0 Å². The Hall–Kier alpha value is -4.00. The Labute approximate surface area is 189 Å². The zero-order valence-electron chi connectivity index (χ0n) is 18.1. The standard InChI is InChI=1S/C23H21N5O5/c1-12-17-11-26(18(29)7-8-19(30)33-2)20(12)21-22(31)28(23(32)27(17)21)16-10-25-15(9-24)13-5-3-4-6-14(13)16/h3-6,10,12,17,20-21H,7-8,11H2,1-2H3/t12-,17?,20?,21-/m1/s1. The van der Waals surface area contributed by atoms with Gasteiger partial charge >= 0.3 is 12.0 Å². The fourth-order valence-corrected chi connectivity index (χ4v) is 5.43. The Morgan fingerprint density at radius 1 is 1.21 bits per heavy atom. The summed E-state index contributed by atoms with van der Waals surface area (Å²) in [6, 6.07) is 7.06. The maximum Gasteiger partial charge on any atom is 0.332 e. The van der Waals surface area contributed by atoms with Crippen molar-refractivity contribution in [2.75, 3.05) is 18.6 Å². The number of carbonyl (C=O) groups is 4. The maximum atomic E-state index is 13.6. The van der Waals surface area contributed by atoms with Gasteiger partial charge in [-0.15, -0.1) is 0 Å². The van der Waals surface area contributed by atoms with E-state index in [-0.39, 0.29) is 36.4 Å². The number of hydrogen-bond donors (Lipinski definition) is 0. The molecule has 4 heterocycles. The molecule has 5 rings (SSSR count). The van der Waals surface area contributed by atoms with Crippen LogP contribution in [0.5, 0.6) is 0 Å². The smallest absolute Gasteiger partial charge is 0.332 e. The van der Waals surface area contributed by atoms with E-state index in [1.165, 1.54) is 13.3 Å². The number of rotatable bonds is 4.